The Kier molecular flexibility index (Phi) is 4.21. The molecule has 0 fully saturated rings. The zero-order valence-corrected chi connectivity index (χ0v) is 14.4. The number of amides is 1. The number of halogens is 1. The van der Waals surface area contributed by atoms with Crippen LogP contribution in [0.1, 0.15) is 21.5 Å². The van der Waals surface area contributed by atoms with Gasteiger partial charge in [-0.1, -0.05) is 29.0 Å². The number of rotatable bonds is 3. The fraction of sp³-hybridized carbons (Fsp3) is 0.125. The molecule has 0 spiro atoms. The van der Waals surface area contributed by atoms with Crippen LogP contribution in [-0.4, -0.2) is 15.8 Å². The minimum Gasteiger partial charge on any atom is -0.298 e. The van der Waals surface area contributed by atoms with Gasteiger partial charge in [-0.15, -0.1) is 0 Å². The van der Waals surface area contributed by atoms with Gasteiger partial charge in [0.25, 0.3) is 11.6 Å². The standard InChI is InChI=1S/C16H12ClN3O3S/c1-8-3-6-13-14(9(8)2)18-16(24-13)19-15(21)11-5-4-10(20(22)23)7-12(11)17/h3-7H,1-2H3,(H,18,19,21). The Hall–Kier alpha value is -2.51. The highest BCUT2D eigenvalue weighted by atomic mass is 35.5. The van der Waals surface area contributed by atoms with Gasteiger partial charge < -0.3 is 0 Å². The summed E-state index contributed by atoms with van der Waals surface area (Å²) < 4.78 is 0.975. The number of hydrogen-bond acceptors (Lipinski definition) is 5. The minimum atomic E-state index is -0.563. The molecular formula is C16H12ClN3O3S. The summed E-state index contributed by atoms with van der Waals surface area (Å²) in [5, 5.41) is 13.9. The lowest BCUT2D eigenvalue weighted by Gasteiger charge is -2.03. The van der Waals surface area contributed by atoms with Gasteiger partial charge in [-0.2, -0.15) is 0 Å². The maximum Gasteiger partial charge on any atom is 0.270 e. The fourth-order valence-corrected chi connectivity index (χ4v) is 3.43. The number of nitrogens with one attached hydrogen (secondary N) is 1. The van der Waals surface area contributed by atoms with Crippen LogP contribution in [0.5, 0.6) is 0 Å². The molecule has 0 aliphatic rings. The van der Waals surface area contributed by atoms with Gasteiger partial charge >= 0.3 is 0 Å². The number of nitro benzene ring substituents is 1. The molecule has 0 atom stereocenters. The summed E-state index contributed by atoms with van der Waals surface area (Å²) in [6.07, 6.45) is 0. The Morgan fingerprint density at radius 3 is 2.71 bits per heavy atom. The molecule has 1 aromatic heterocycles. The molecular weight excluding hydrogens is 350 g/mol. The summed E-state index contributed by atoms with van der Waals surface area (Å²) in [4.78, 5) is 27.0. The number of anilines is 1. The molecule has 122 valence electrons. The van der Waals surface area contributed by atoms with E-state index in [0.29, 0.717) is 5.13 Å². The Morgan fingerprint density at radius 1 is 1.29 bits per heavy atom. The summed E-state index contributed by atoms with van der Waals surface area (Å²) in [6.45, 7) is 3.99. The third-order valence-corrected chi connectivity index (χ3v) is 4.96. The molecule has 2 aromatic carbocycles. The van der Waals surface area contributed by atoms with E-state index in [1.54, 1.807) is 0 Å². The molecule has 3 aromatic rings. The van der Waals surface area contributed by atoms with Crippen LogP contribution in [0, 0.1) is 24.0 Å². The molecule has 0 saturated carbocycles. The Bertz CT molecular complexity index is 984. The summed E-state index contributed by atoms with van der Waals surface area (Å²) >= 11 is 7.34. The summed E-state index contributed by atoms with van der Waals surface area (Å²) in [7, 11) is 0. The van der Waals surface area contributed by atoms with Crippen molar-refractivity contribution in [1.29, 1.82) is 0 Å². The van der Waals surface area contributed by atoms with Gasteiger partial charge in [0.15, 0.2) is 5.13 Å². The molecule has 0 unspecified atom stereocenters. The molecule has 6 nitrogen and oxygen atoms in total. The summed E-state index contributed by atoms with van der Waals surface area (Å²) in [6, 6.07) is 7.70. The van der Waals surface area contributed by atoms with Gasteiger partial charge in [0, 0.05) is 12.1 Å². The SMILES string of the molecule is Cc1ccc2sc(NC(=O)c3ccc([N+](=O)[O-])cc3Cl)nc2c1C. The summed E-state index contributed by atoms with van der Waals surface area (Å²) in [5.74, 6) is -0.455. The number of fused-ring (bicyclic) bond motifs is 1. The number of non-ortho nitro benzene ring substituents is 1. The zero-order valence-electron chi connectivity index (χ0n) is 12.8. The molecule has 8 heteroatoms. The fourth-order valence-electron chi connectivity index (χ4n) is 2.25. The number of benzene rings is 2. The Labute approximate surface area is 146 Å². The quantitative estimate of drug-likeness (QED) is 0.540. The second-order valence-corrected chi connectivity index (χ2v) is 6.69. The number of nitrogens with zero attached hydrogens (tertiary/aromatic N) is 2. The highest BCUT2D eigenvalue weighted by molar-refractivity contribution is 7.22. The molecule has 0 aliphatic carbocycles. The number of hydrogen-bond donors (Lipinski definition) is 1. The molecule has 1 N–H and O–H groups in total. The van der Waals surface area contributed by atoms with Crippen LogP contribution >= 0.6 is 22.9 Å². The van der Waals surface area contributed by atoms with Gasteiger partial charge in [0.2, 0.25) is 0 Å². The van der Waals surface area contributed by atoms with Crippen molar-refractivity contribution in [1.82, 2.24) is 4.98 Å². The van der Waals surface area contributed by atoms with Crippen molar-refractivity contribution in [2.75, 3.05) is 5.32 Å². The third kappa shape index (κ3) is 2.95. The number of carbonyl (C=O) groups excluding carboxylic acids is 1. The van der Waals surface area contributed by atoms with Crippen LogP contribution in [0.2, 0.25) is 5.02 Å². The lowest BCUT2D eigenvalue weighted by Crippen LogP contribution is -2.12. The third-order valence-electron chi connectivity index (χ3n) is 3.71. The largest absolute Gasteiger partial charge is 0.298 e. The molecule has 0 bridgehead atoms. The first-order valence-corrected chi connectivity index (χ1v) is 8.18. The number of aromatic nitrogens is 1. The summed E-state index contributed by atoms with van der Waals surface area (Å²) in [5.41, 5.74) is 3.05. The second-order valence-electron chi connectivity index (χ2n) is 5.25. The maximum absolute atomic E-state index is 12.3. The first-order valence-electron chi connectivity index (χ1n) is 6.99. The molecule has 0 radical (unpaired) electrons. The van der Waals surface area contributed by atoms with Gasteiger partial charge in [0.1, 0.15) is 0 Å². The van der Waals surface area contributed by atoms with Crippen LogP contribution < -0.4 is 5.32 Å². The maximum atomic E-state index is 12.3. The van der Waals surface area contributed by atoms with E-state index >= 15 is 0 Å². The van der Waals surface area contributed by atoms with Gasteiger partial charge in [-0.05, 0) is 37.1 Å². The predicted octanol–water partition coefficient (Wildman–Crippen LogP) is 4.73. The van der Waals surface area contributed by atoms with Crippen molar-refractivity contribution in [3.63, 3.8) is 0 Å². The van der Waals surface area contributed by atoms with Crippen molar-refractivity contribution in [2.24, 2.45) is 0 Å². The van der Waals surface area contributed by atoms with E-state index in [0.717, 1.165) is 27.4 Å². The van der Waals surface area contributed by atoms with E-state index in [1.807, 2.05) is 26.0 Å². The van der Waals surface area contributed by atoms with Crippen LogP contribution in [0.25, 0.3) is 10.2 Å². The minimum absolute atomic E-state index is 0.0230. The van der Waals surface area contributed by atoms with Crippen molar-refractivity contribution in [3.05, 3.63) is 62.2 Å². The van der Waals surface area contributed by atoms with E-state index in [9.17, 15) is 14.9 Å². The smallest absolute Gasteiger partial charge is 0.270 e. The first kappa shape index (κ1) is 16.4. The lowest BCUT2D eigenvalue weighted by atomic mass is 10.1. The van der Waals surface area contributed by atoms with E-state index in [1.165, 1.54) is 23.5 Å². The van der Waals surface area contributed by atoms with Gasteiger partial charge in [0.05, 0.1) is 25.7 Å². The Balaban J connectivity index is 1.90. The molecule has 1 heterocycles. The van der Waals surface area contributed by atoms with Gasteiger partial charge in [-0.3, -0.25) is 20.2 Å². The number of carbonyl (C=O) groups is 1. The molecule has 1 amide bonds. The average molecular weight is 362 g/mol. The topological polar surface area (TPSA) is 85.1 Å². The number of thiazole rings is 1. The molecule has 0 aliphatic heterocycles. The van der Waals surface area contributed by atoms with Crippen LogP contribution in [0.4, 0.5) is 10.8 Å². The van der Waals surface area contributed by atoms with Crippen LogP contribution in [0.3, 0.4) is 0 Å². The zero-order chi connectivity index (χ0) is 17.4. The van der Waals surface area contributed by atoms with E-state index < -0.39 is 10.8 Å². The van der Waals surface area contributed by atoms with Crippen molar-refractivity contribution in [3.8, 4) is 0 Å². The monoisotopic (exact) mass is 361 g/mol. The molecule has 3 rings (SSSR count). The van der Waals surface area contributed by atoms with Crippen molar-refractivity contribution < 1.29 is 9.72 Å². The molecule has 0 saturated heterocycles. The first-order chi connectivity index (χ1) is 11.4. The predicted molar refractivity (Wildman–Crippen MR) is 95.2 cm³/mol. The van der Waals surface area contributed by atoms with Crippen LogP contribution in [-0.2, 0) is 0 Å². The van der Waals surface area contributed by atoms with Crippen molar-refractivity contribution in [2.45, 2.75) is 13.8 Å². The van der Waals surface area contributed by atoms with Gasteiger partial charge in [-0.25, -0.2) is 4.98 Å². The highest BCUT2D eigenvalue weighted by Gasteiger charge is 2.17. The lowest BCUT2D eigenvalue weighted by molar-refractivity contribution is -0.384. The average Bonchev–Trinajstić information content (AvgIpc) is 2.94. The number of aryl methyl sites for hydroxylation is 2. The normalized spacial score (nSPS) is 10.8. The van der Waals surface area contributed by atoms with E-state index in [-0.39, 0.29) is 16.3 Å². The van der Waals surface area contributed by atoms with E-state index in [2.05, 4.69) is 10.3 Å². The van der Waals surface area contributed by atoms with Crippen molar-refractivity contribution >= 4 is 49.9 Å². The second kappa shape index (κ2) is 6.18. The molecule has 24 heavy (non-hydrogen) atoms. The Morgan fingerprint density at radius 2 is 2.04 bits per heavy atom. The highest BCUT2D eigenvalue weighted by Crippen LogP contribution is 2.30. The van der Waals surface area contributed by atoms with Crippen LogP contribution in [0.15, 0.2) is 30.3 Å². The van der Waals surface area contributed by atoms with E-state index in [4.69, 9.17) is 11.6 Å². The number of nitro groups is 1.